The summed E-state index contributed by atoms with van der Waals surface area (Å²) in [5, 5.41) is 15.8. The number of rotatable bonds is 8. The van der Waals surface area contributed by atoms with Crippen LogP contribution in [0.5, 0.6) is 0 Å². The van der Waals surface area contributed by atoms with Gasteiger partial charge in [-0.2, -0.15) is 0 Å². The van der Waals surface area contributed by atoms with E-state index in [2.05, 4.69) is 36.6 Å². The fraction of sp³-hybridized carbons (Fsp3) is 0.200. The lowest BCUT2D eigenvalue weighted by atomic mass is 10.2. The van der Waals surface area contributed by atoms with Gasteiger partial charge >= 0.3 is 0 Å². The van der Waals surface area contributed by atoms with E-state index in [4.69, 9.17) is 8.94 Å². The number of anilines is 1. The largest absolute Gasteiger partial charge is 0.446 e. The highest BCUT2D eigenvalue weighted by atomic mass is 79.9. The lowest BCUT2D eigenvalue weighted by Crippen LogP contribution is -2.12. The Hall–Kier alpha value is -2.85. The van der Waals surface area contributed by atoms with Crippen LogP contribution >= 0.6 is 27.7 Å². The Kier molecular flexibility index (Phi) is 6.34. The zero-order chi connectivity index (χ0) is 20.9. The number of carbonyl (C=O) groups is 1. The van der Waals surface area contributed by atoms with Crippen LogP contribution in [-0.2, 0) is 11.3 Å². The molecule has 0 aliphatic heterocycles. The van der Waals surface area contributed by atoms with Crippen molar-refractivity contribution < 1.29 is 13.7 Å². The molecule has 8 nitrogen and oxygen atoms in total. The van der Waals surface area contributed by atoms with Crippen molar-refractivity contribution in [1.82, 2.24) is 19.9 Å². The molecule has 0 unspecified atom stereocenters. The second-order valence-corrected chi connectivity index (χ2v) is 8.29. The van der Waals surface area contributed by atoms with Crippen molar-refractivity contribution >= 4 is 39.4 Å². The fourth-order valence-corrected chi connectivity index (χ4v) is 3.97. The van der Waals surface area contributed by atoms with Crippen molar-refractivity contribution in [2.24, 2.45) is 0 Å². The Morgan fingerprint density at radius 1 is 1.20 bits per heavy atom. The normalized spacial score (nSPS) is 11.0. The molecule has 3 heterocycles. The summed E-state index contributed by atoms with van der Waals surface area (Å²) in [6.45, 7) is 2.36. The van der Waals surface area contributed by atoms with Crippen molar-refractivity contribution in [3.05, 3.63) is 64.5 Å². The van der Waals surface area contributed by atoms with Crippen LogP contribution in [0.1, 0.15) is 17.7 Å². The van der Waals surface area contributed by atoms with Crippen LogP contribution in [0.15, 0.2) is 67.3 Å². The maximum absolute atomic E-state index is 12.1. The molecule has 0 saturated carbocycles. The number of hydrogen-bond acceptors (Lipinski definition) is 7. The molecule has 0 atom stereocenters. The molecule has 10 heteroatoms. The van der Waals surface area contributed by atoms with Crippen LogP contribution in [0.4, 0.5) is 5.82 Å². The van der Waals surface area contributed by atoms with Gasteiger partial charge in [0.05, 0.1) is 6.54 Å². The van der Waals surface area contributed by atoms with Crippen molar-refractivity contribution in [3.63, 3.8) is 0 Å². The summed E-state index contributed by atoms with van der Waals surface area (Å²) in [5.74, 6) is 2.72. The number of amides is 1. The van der Waals surface area contributed by atoms with Crippen molar-refractivity contribution in [1.29, 1.82) is 0 Å². The van der Waals surface area contributed by atoms with Gasteiger partial charge in [-0.25, -0.2) is 0 Å². The standard InChI is InChI=1S/C20H18BrN5O3S/c1-13-11-17(25-29-13)22-18(27)9-10-30-20-24-23-19(15-7-8-16(21)28-15)26(20)12-14-5-3-2-4-6-14/h2-8,11H,9-10,12H2,1H3,(H,22,25,27). The Bertz CT molecular complexity index is 1140. The van der Waals surface area contributed by atoms with Gasteiger partial charge in [-0.3, -0.25) is 9.36 Å². The summed E-state index contributed by atoms with van der Waals surface area (Å²) in [5.41, 5.74) is 1.12. The average molecular weight is 488 g/mol. The van der Waals surface area contributed by atoms with E-state index in [1.54, 1.807) is 13.0 Å². The molecule has 1 aromatic carbocycles. The third-order valence-electron chi connectivity index (χ3n) is 4.15. The highest BCUT2D eigenvalue weighted by molar-refractivity contribution is 9.10. The third kappa shape index (κ3) is 5.00. The minimum atomic E-state index is -0.139. The molecule has 1 N–H and O–H groups in total. The first-order valence-electron chi connectivity index (χ1n) is 9.17. The summed E-state index contributed by atoms with van der Waals surface area (Å²) in [4.78, 5) is 12.1. The zero-order valence-electron chi connectivity index (χ0n) is 16.0. The van der Waals surface area contributed by atoms with E-state index < -0.39 is 0 Å². The molecule has 4 aromatic rings. The van der Waals surface area contributed by atoms with Gasteiger partial charge in [0.25, 0.3) is 0 Å². The maximum Gasteiger partial charge on any atom is 0.226 e. The number of carbonyl (C=O) groups excluding carboxylic acids is 1. The SMILES string of the molecule is Cc1cc(NC(=O)CCSc2nnc(-c3ccc(Br)o3)n2Cc2ccccc2)no1. The second-order valence-electron chi connectivity index (χ2n) is 6.45. The smallest absolute Gasteiger partial charge is 0.226 e. The Morgan fingerprint density at radius 2 is 2.03 bits per heavy atom. The lowest BCUT2D eigenvalue weighted by molar-refractivity contribution is -0.115. The molecule has 30 heavy (non-hydrogen) atoms. The van der Waals surface area contributed by atoms with Crippen molar-refractivity contribution in [2.45, 2.75) is 25.0 Å². The van der Waals surface area contributed by atoms with Gasteiger partial charge < -0.3 is 14.3 Å². The predicted molar refractivity (Wildman–Crippen MR) is 116 cm³/mol. The highest BCUT2D eigenvalue weighted by Gasteiger charge is 2.18. The van der Waals surface area contributed by atoms with Crippen LogP contribution < -0.4 is 5.32 Å². The summed E-state index contributed by atoms with van der Waals surface area (Å²) in [7, 11) is 0. The number of aryl methyl sites for hydroxylation is 1. The number of furan rings is 1. The molecule has 154 valence electrons. The first kappa shape index (κ1) is 20.4. The van der Waals surface area contributed by atoms with Gasteiger partial charge in [0.1, 0.15) is 5.76 Å². The van der Waals surface area contributed by atoms with Crippen LogP contribution in [0.2, 0.25) is 0 Å². The van der Waals surface area contributed by atoms with E-state index >= 15 is 0 Å². The quantitative estimate of drug-likeness (QED) is 0.357. The Morgan fingerprint density at radius 3 is 2.73 bits per heavy atom. The average Bonchev–Trinajstić information content (AvgIpc) is 3.44. The predicted octanol–water partition coefficient (Wildman–Crippen LogP) is 4.77. The highest BCUT2D eigenvalue weighted by Crippen LogP contribution is 2.28. The number of thioether (sulfide) groups is 1. The molecule has 0 bridgehead atoms. The number of halogens is 1. The first-order chi connectivity index (χ1) is 14.6. The van der Waals surface area contributed by atoms with Crippen molar-refractivity contribution in [2.75, 3.05) is 11.1 Å². The number of benzene rings is 1. The molecule has 4 rings (SSSR count). The Balaban J connectivity index is 1.46. The molecular formula is C20H18BrN5O3S. The maximum atomic E-state index is 12.1. The summed E-state index contributed by atoms with van der Waals surface area (Å²) in [6, 6.07) is 15.4. The van der Waals surface area contributed by atoms with Crippen LogP contribution in [0.25, 0.3) is 11.6 Å². The van der Waals surface area contributed by atoms with Crippen molar-refractivity contribution in [3.8, 4) is 11.6 Å². The van der Waals surface area contributed by atoms with Gasteiger partial charge in [-0.1, -0.05) is 47.3 Å². The number of nitrogens with zero attached hydrogens (tertiary/aromatic N) is 4. The molecule has 0 aliphatic rings. The molecular weight excluding hydrogens is 470 g/mol. The van der Waals surface area contributed by atoms with Crippen LogP contribution in [0.3, 0.4) is 0 Å². The summed E-state index contributed by atoms with van der Waals surface area (Å²) in [6.07, 6.45) is 0.302. The molecule has 0 spiro atoms. The van der Waals surface area contributed by atoms with Gasteiger partial charge in [-0.05, 0) is 40.5 Å². The molecule has 1 amide bonds. The molecule has 0 aliphatic carbocycles. The van der Waals surface area contributed by atoms with Crippen LogP contribution in [-0.4, -0.2) is 31.6 Å². The van der Waals surface area contributed by atoms with E-state index in [1.807, 2.05) is 47.0 Å². The van der Waals surface area contributed by atoms with E-state index in [-0.39, 0.29) is 5.91 Å². The van der Waals surface area contributed by atoms with Gasteiger partial charge in [0.15, 0.2) is 21.4 Å². The molecule has 0 radical (unpaired) electrons. The number of hydrogen-bond donors (Lipinski definition) is 1. The van der Waals surface area contributed by atoms with E-state index in [9.17, 15) is 4.79 Å². The van der Waals surface area contributed by atoms with Gasteiger partial charge in [0, 0.05) is 18.2 Å². The second kappa shape index (κ2) is 9.31. The minimum absolute atomic E-state index is 0.139. The minimum Gasteiger partial charge on any atom is -0.446 e. The zero-order valence-corrected chi connectivity index (χ0v) is 18.4. The number of aromatic nitrogens is 4. The van der Waals surface area contributed by atoms with Crippen LogP contribution in [0, 0.1) is 6.92 Å². The summed E-state index contributed by atoms with van der Waals surface area (Å²) >= 11 is 4.79. The monoisotopic (exact) mass is 487 g/mol. The third-order valence-corrected chi connectivity index (χ3v) is 5.54. The summed E-state index contributed by atoms with van der Waals surface area (Å²) < 4.78 is 13.2. The van der Waals surface area contributed by atoms with E-state index in [0.717, 1.165) is 5.56 Å². The van der Waals surface area contributed by atoms with E-state index in [1.165, 1.54) is 11.8 Å². The van der Waals surface area contributed by atoms with E-state index in [0.29, 0.717) is 51.7 Å². The fourth-order valence-electron chi connectivity index (χ4n) is 2.79. The topological polar surface area (TPSA) is 99.0 Å². The molecule has 3 aromatic heterocycles. The van der Waals surface area contributed by atoms with Gasteiger partial charge in [0.2, 0.25) is 11.7 Å². The lowest BCUT2D eigenvalue weighted by Gasteiger charge is -2.09. The first-order valence-corrected chi connectivity index (χ1v) is 10.9. The molecule has 0 fully saturated rings. The number of nitrogens with one attached hydrogen (secondary N) is 1. The Labute approximate surface area is 185 Å². The molecule has 0 saturated heterocycles. The van der Waals surface area contributed by atoms with Gasteiger partial charge in [-0.15, -0.1) is 10.2 Å².